The van der Waals surface area contributed by atoms with Crippen molar-refractivity contribution in [2.24, 2.45) is 0 Å². The van der Waals surface area contributed by atoms with E-state index in [4.69, 9.17) is 14.2 Å². The molecule has 0 saturated carbocycles. The van der Waals surface area contributed by atoms with E-state index in [9.17, 15) is 0 Å². The fraction of sp³-hybridized carbons (Fsp3) is 0.400. The summed E-state index contributed by atoms with van der Waals surface area (Å²) < 4.78 is 15.9. The molecule has 2 rings (SSSR count). The molecular weight excluding hydrogens is 168 g/mol. The molecule has 1 saturated heterocycles. The molecule has 2 unspecified atom stereocenters. The lowest BCUT2D eigenvalue weighted by Crippen LogP contribution is -2.24. The summed E-state index contributed by atoms with van der Waals surface area (Å²) in [6, 6.07) is 9.49. The minimum absolute atomic E-state index is 0.00212. The van der Waals surface area contributed by atoms with Crippen molar-refractivity contribution < 1.29 is 14.2 Å². The maximum atomic E-state index is 5.53. The molecule has 70 valence electrons. The van der Waals surface area contributed by atoms with Crippen molar-refractivity contribution in [3.8, 4) is 5.75 Å². The molecule has 0 amide bonds. The molecule has 0 aromatic heterocycles. The van der Waals surface area contributed by atoms with Crippen molar-refractivity contribution in [3.63, 3.8) is 0 Å². The lowest BCUT2D eigenvalue weighted by molar-refractivity contribution is -0.154. The van der Waals surface area contributed by atoms with Gasteiger partial charge >= 0.3 is 5.97 Å². The van der Waals surface area contributed by atoms with E-state index in [1.807, 2.05) is 37.3 Å². The van der Waals surface area contributed by atoms with E-state index in [0.29, 0.717) is 0 Å². The number of benzene rings is 1. The van der Waals surface area contributed by atoms with E-state index in [1.165, 1.54) is 0 Å². The van der Waals surface area contributed by atoms with Crippen LogP contribution in [0.1, 0.15) is 6.92 Å². The van der Waals surface area contributed by atoms with Gasteiger partial charge < -0.3 is 14.2 Å². The van der Waals surface area contributed by atoms with Gasteiger partial charge in [0, 0.05) is 7.11 Å². The molecule has 1 heterocycles. The molecule has 1 aromatic rings. The van der Waals surface area contributed by atoms with Crippen LogP contribution in [0.2, 0.25) is 0 Å². The molecule has 1 aliphatic rings. The van der Waals surface area contributed by atoms with E-state index in [0.717, 1.165) is 5.75 Å². The highest BCUT2D eigenvalue weighted by atomic mass is 16.9. The number of hydrogen-bond acceptors (Lipinski definition) is 3. The van der Waals surface area contributed by atoms with Crippen LogP contribution in [-0.4, -0.2) is 19.2 Å². The van der Waals surface area contributed by atoms with Crippen molar-refractivity contribution in [2.75, 3.05) is 7.11 Å². The van der Waals surface area contributed by atoms with Crippen molar-refractivity contribution in [3.05, 3.63) is 30.3 Å². The molecule has 0 bridgehead atoms. The van der Waals surface area contributed by atoms with E-state index in [-0.39, 0.29) is 6.10 Å². The molecule has 0 N–H and O–H groups in total. The summed E-state index contributed by atoms with van der Waals surface area (Å²) in [7, 11) is 1.58. The first kappa shape index (κ1) is 8.53. The summed E-state index contributed by atoms with van der Waals surface area (Å²) in [6.07, 6.45) is -0.00212. The fourth-order valence-corrected chi connectivity index (χ4v) is 1.23. The van der Waals surface area contributed by atoms with Gasteiger partial charge in [-0.15, -0.1) is 0 Å². The summed E-state index contributed by atoms with van der Waals surface area (Å²) in [6.45, 7) is 1.91. The maximum absolute atomic E-state index is 5.53. The first-order valence-electron chi connectivity index (χ1n) is 4.24. The van der Waals surface area contributed by atoms with Gasteiger partial charge in [0.2, 0.25) is 0 Å². The smallest absolute Gasteiger partial charge is 0.355 e. The summed E-state index contributed by atoms with van der Waals surface area (Å²) >= 11 is 0. The monoisotopic (exact) mass is 180 g/mol. The molecule has 3 nitrogen and oxygen atoms in total. The first-order valence-corrected chi connectivity index (χ1v) is 4.24. The molecule has 1 fully saturated rings. The van der Waals surface area contributed by atoms with Gasteiger partial charge in [-0.25, -0.2) is 0 Å². The Balaban J connectivity index is 2.07. The standard InChI is InChI=1S/C10H12O3/c1-8-10(11-2,12-8)13-9-6-4-3-5-7-9/h3-8H,1-2H3. The van der Waals surface area contributed by atoms with Crippen LogP contribution in [0, 0.1) is 0 Å². The quantitative estimate of drug-likeness (QED) is 0.524. The van der Waals surface area contributed by atoms with Crippen molar-refractivity contribution in [2.45, 2.75) is 19.0 Å². The number of para-hydroxylation sites is 1. The molecule has 1 aliphatic heterocycles. The van der Waals surface area contributed by atoms with Crippen molar-refractivity contribution in [1.29, 1.82) is 0 Å². The summed E-state index contributed by atoms with van der Waals surface area (Å²) in [5.74, 6) is -0.0878. The second kappa shape index (κ2) is 3.01. The van der Waals surface area contributed by atoms with Gasteiger partial charge in [-0.2, -0.15) is 0 Å². The molecule has 0 spiro atoms. The number of ether oxygens (including phenoxy) is 3. The molecule has 13 heavy (non-hydrogen) atoms. The molecule has 1 aromatic carbocycles. The topological polar surface area (TPSA) is 31.0 Å². The highest BCUT2D eigenvalue weighted by molar-refractivity contribution is 5.22. The third kappa shape index (κ3) is 1.53. The van der Waals surface area contributed by atoms with Crippen LogP contribution in [0.15, 0.2) is 30.3 Å². The number of methoxy groups -OCH3 is 1. The normalized spacial score (nSPS) is 31.4. The van der Waals surface area contributed by atoms with Gasteiger partial charge in [0.25, 0.3) is 0 Å². The second-order valence-corrected chi connectivity index (χ2v) is 2.98. The zero-order valence-electron chi connectivity index (χ0n) is 7.69. The Morgan fingerprint density at radius 1 is 1.31 bits per heavy atom. The number of rotatable bonds is 3. The van der Waals surface area contributed by atoms with E-state index in [2.05, 4.69) is 0 Å². The second-order valence-electron chi connectivity index (χ2n) is 2.98. The van der Waals surface area contributed by atoms with Gasteiger partial charge in [-0.3, -0.25) is 0 Å². The predicted octanol–water partition coefficient (Wildman–Crippen LogP) is 1.78. The Hall–Kier alpha value is -1.06. The van der Waals surface area contributed by atoms with E-state index < -0.39 is 5.97 Å². The number of hydrogen-bond donors (Lipinski definition) is 0. The minimum Gasteiger partial charge on any atom is -0.437 e. The first-order chi connectivity index (χ1) is 6.27. The van der Waals surface area contributed by atoms with Crippen molar-refractivity contribution in [1.82, 2.24) is 0 Å². The Morgan fingerprint density at radius 3 is 2.38 bits per heavy atom. The zero-order chi connectivity index (χ0) is 9.31. The van der Waals surface area contributed by atoms with Crippen molar-refractivity contribution >= 4 is 0 Å². The predicted molar refractivity (Wildman–Crippen MR) is 47.4 cm³/mol. The third-order valence-electron chi connectivity index (χ3n) is 2.07. The SMILES string of the molecule is COC1(Oc2ccccc2)OC1C. The third-order valence-corrected chi connectivity index (χ3v) is 2.07. The van der Waals surface area contributed by atoms with Crippen LogP contribution in [0.4, 0.5) is 0 Å². The van der Waals surface area contributed by atoms with Gasteiger partial charge in [-0.1, -0.05) is 18.2 Å². The highest BCUT2D eigenvalue weighted by Gasteiger charge is 2.58. The molecule has 3 heteroatoms. The summed E-state index contributed by atoms with van der Waals surface area (Å²) in [4.78, 5) is 0. The average Bonchev–Trinajstić information content (AvgIpc) is 2.79. The number of epoxide rings is 1. The summed E-state index contributed by atoms with van der Waals surface area (Å²) in [5.41, 5.74) is 0. The molecular formula is C10H12O3. The van der Waals surface area contributed by atoms with E-state index >= 15 is 0 Å². The Labute approximate surface area is 77.2 Å². The summed E-state index contributed by atoms with van der Waals surface area (Å²) in [5, 5.41) is 0. The Morgan fingerprint density at radius 2 is 1.92 bits per heavy atom. The Bertz CT molecular complexity index is 281. The van der Waals surface area contributed by atoms with Gasteiger partial charge in [-0.05, 0) is 19.1 Å². The molecule has 0 aliphatic carbocycles. The van der Waals surface area contributed by atoms with Crippen LogP contribution >= 0.6 is 0 Å². The Kier molecular flexibility index (Phi) is 1.98. The highest BCUT2D eigenvalue weighted by Crippen LogP contribution is 2.38. The molecule has 0 radical (unpaired) electrons. The average molecular weight is 180 g/mol. The molecule has 2 atom stereocenters. The van der Waals surface area contributed by atoms with Gasteiger partial charge in [0.05, 0.1) is 0 Å². The van der Waals surface area contributed by atoms with Crippen LogP contribution < -0.4 is 4.74 Å². The maximum Gasteiger partial charge on any atom is 0.355 e. The van der Waals surface area contributed by atoms with Gasteiger partial charge in [0.1, 0.15) is 5.75 Å². The lowest BCUT2D eigenvalue weighted by atomic mass is 10.3. The minimum atomic E-state index is -0.846. The van der Waals surface area contributed by atoms with Crippen LogP contribution in [0.5, 0.6) is 5.75 Å². The van der Waals surface area contributed by atoms with E-state index in [1.54, 1.807) is 7.11 Å². The zero-order valence-corrected chi connectivity index (χ0v) is 7.69. The van der Waals surface area contributed by atoms with Crippen LogP contribution in [0.25, 0.3) is 0 Å². The van der Waals surface area contributed by atoms with Crippen LogP contribution in [0.3, 0.4) is 0 Å². The van der Waals surface area contributed by atoms with Gasteiger partial charge in [0.15, 0.2) is 6.10 Å². The fourth-order valence-electron chi connectivity index (χ4n) is 1.23. The lowest BCUT2D eigenvalue weighted by Gasteiger charge is -2.12. The largest absolute Gasteiger partial charge is 0.437 e. The van der Waals surface area contributed by atoms with Crippen LogP contribution in [-0.2, 0) is 9.47 Å².